The van der Waals surface area contributed by atoms with E-state index in [9.17, 15) is 5.11 Å². The van der Waals surface area contributed by atoms with Crippen LogP contribution in [-0.4, -0.2) is 25.9 Å². The SMILES string of the molecule is NC1CCn2nc(Cc3cccc(O)c3)nc2C1. The van der Waals surface area contributed by atoms with Gasteiger partial charge in [-0.05, 0) is 24.1 Å². The Hall–Kier alpha value is -1.88. The van der Waals surface area contributed by atoms with Crippen molar-refractivity contribution in [2.24, 2.45) is 5.73 Å². The van der Waals surface area contributed by atoms with Crippen LogP contribution in [0.2, 0.25) is 0 Å². The molecular weight excluding hydrogens is 228 g/mol. The summed E-state index contributed by atoms with van der Waals surface area (Å²) in [7, 11) is 0. The van der Waals surface area contributed by atoms with Crippen molar-refractivity contribution in [3.8, 4) is 5.75 Å². The molecule has 0 saturated carbocycles. The molecule has 0 fully saturated rings. The van der Waals surface area contributed by atoms with Crippen molar-refractivity contribution in [1.82, 2.24) is 14.8 Å². The number of nitrogens with two attached hydrogens (primary N) is 1. The van der Waals surface area contributed by atoms with Crippen LogP contribution in [0.4, 0.5) is 0 Å². The molecule has 1 atom stereocenters. The zero-order valence-electron chi connectivity index (χ0n) is 10.1. The van der Waals surface area contributed by atoms with Crippen molar-refractivity contribution in [2.45, 2.75) is 31.8 Å². The van der Waals surface area contributed by atoms with Crippen LogP contribution >= 0.6 is 0 Å². The van der Waals surface area contributed by atoms with Gasteiger partial charge in [0.1, 0.15) is 11.6 Å². The van der Waals surface area contributed by atoms with Crippen molar-refractivity contribution in [3.63, 3.8) is 0 Å². The van der Waals surface area contributed by atoms with Gasteiger partial charge in [-0.3, -0.25) is 0 Å². The maximum absolute atomic E-state index is 9.43. The second-order valence-electron chi connectivity index (χ2n) is 4.77. The third-order valence-corrected chi connectivity index (χ3v) is 3.22. The molecule has 1 aromatic carbocycles. The Morgan fingerprint density at radius 2 is 2.33 bits per heavy atom. The number of phenolic OH excluding ortho intramolecular Hbond substituents is 1. The fourth-order valence-corrected chi connectivity index (χ4v) is 2.30. The van der Waals surface area contributed by atoms with Gasteiger partial charge < -0.3 is 10.8 Å². The van der Waals surface area contributed by atoms with Gasteiger partial charge in [0.05, 0.1) is 0 Å². The van der Waals surface area contributed by atoms with Crippen LogP contribution in [0.25, 0.3) is 0 Å². The summed E-state index contributed by atoms with van der Waals surface area (Å²) in [5.41, 5.74) is 6.93. The highest BCUT2D eigenvalue weighted by molar-refractivity contribution is 5.29. The zero-order valence-corrected chi connectivity index (χ0v) is 10.1. The molecule has 1 aliphatic rings. The number of aromatic hydroxyl groups is 1. The molecule has 0 radical (unpaired) electrons. The lowest BCUT2D eigenvalue weighted by molar-refractivity contribution is 0.432. The lowest BCUT2D eigenvalue weighted by atomic mass is 10.1. The van der Waals surface area contributed by atoms with E-state index in [1.54, 1.807) is 12.1 Å². The summed E-state index contributed by atoms with van der Waals surface area (Å²) < 4.78 is 1.95. The molecule has 0 spiro atoms. The van der Waals surface area contributed by atoms with Crippen LogP contribution in [0.1, 0.15) is 23.6 Å². The second kappa shape index (κ2) is 4.42. The smallest absolute Gasteiger partial charge is 0.155 e. The summed E-state index contributed by atoms with van der Waals surface area (Å²) in [4.78, 5) is 4.52. The molecule has 94 valence electrons. The first kappa shape index (κ1) is 11.2. The number of rotatable bonds is 2. The minimum absolute atomic E-state index is 0.204. The average molecular weight is 244 g/mol. The predicted molar refractivity (Wildman–Crippen MR) is 67.2 cm³/mol. The summed E-state index contributed by atoms with van der Waals surface area (Å²) in [6.07, 6.45) is 2.40. The van der Waals surface area contributed by atoms with Crippen LogP contribution in [0.5, 0.6) is 5.75 Å². The van der Waals surface area contributed by atoms with Crippen molar-refractivity contribution in [2.75, 3.05) is 0 Å². The summed E-state index contributed by atoms with van der Waals surface area (Å²) in [6.45, 7) is 0.851. The summed E-state index contributed by atoms with van der Waals surface area (Å²) in [6, 6.07) is 7.40. The molecule has 0 aliphatic carbocycles. The Balaban J connectivity index is 1.82. The Morgan fingerprint density at radius 3 is 3.17 bits per heavy atom. The van der Waals surface area contributed by atoms with Crippen LogP contribution in [0, 0.1) is 0 Å². The number of nitrogens with zero attached hydrogens (tertiary/aromatic N) is 3. The molecular formula is C13H16N4O. The molecule has 5 nitrogen and oxygen atoms in total. The van der Waals surface area contributed by atoms with Gasteiger partial charge in [0, 0.05) is 25.4 Å². The van der Waals surface area contributed by atoms with Gasteiger partial charge in [-0.25, -0.2) is 9.67 Å². The predicted octanol–water partition coefficient (Wildman–Crippen LogP) is 0.848. The molecule has 2 heterocycles. The van der Waals surface area contributed by atoms with E-state index in [1.165, 1.54) is 0 Å². The molecule has 0 saturated heterocycles. The maximum Gasteiger partial charge on any atom is 0.155 e. The number of aromatic nitrogens is 3. The molecule has 3 rings (SSSR count). The standard InChI is InChI=1S/C13H16N4O/c14-10-4-5-17-13(8-10)15-12(16-17)7-9-2-1-3-11(18)6-9/h1-3,6,10,18H,4-5,7-8,14H2. The largest absolute Gasteiger partial charge is 0.508 e. The van der Waals surface area contributed by atoms with Crippen LogP contribution in [-0.2, 0) is 19.4 Å². The monoisotopic (exact) mass is 244 g/mol. The molecule has 18 heavy (non-hydrogen) atoms. The fraction of sp³-hybridized carbons (Fsp3) is 0.385. The van der Waals surface area contributed by atoms with E-state index in [0.29, 0.717) is 6.42 Å². The lowest BCUT2D eigenvalue weighted by Gasteiger charge is -2.17. The quantitative estimate of drug-likeness (QED) is 0.821. The van der Waals surface area contributed by atoms with Crippen LogP contribution in [0.3, 0.4) is 0 Å². The van der Waals surface area contributed by atoms with Crippen molar-refractivity contribution >= 4 is 0 Å². The minimum atomic E-state index is 0.204. The highest BCUT2D eigenvalue weighted by Gasteiger charge is 2.19. The van der Waals surface area contributed by atoms with Crippen molar-refractivity contribution < 1.29 is 5.11 Å². The average Bonchev–Trinajstić information content (AvgIpc) is 2.70. The van der Waals surface area contributed by atoms with E-state index in [-0.39, 0.29) is 11.8 Å². The summed E-state index contributed by atoms with van der Waals surface area (Å²) in [5.74, 6) is 2.05. The topological polar surface area (TPSA) is 77.0 Å². The third-order valence-electron chi connectivity index (χ3n) is 3.22. The number of hydrogen-bond donors (Lipinski definition) is 2. The zero-order chi connectivity index (χ0) is 12.5. The van der Waals surface area contributed by atoms with Gasteiger partial charge in [0.2, 0.25) is 0 Å². The third kappa shape index (κ3) is 2.22. The van der Waals surface area contributed by atoms with E-state index >= 15 is 0 Å². The van der Waals surface area contributed by atoms with Crippen molar-refractivity contribution in [3.05, 3.63) is 41.5 Å². The molecule has 2 aromatic rings. The maximum atomic E-state index is 9.43. The van der Waals surface area contributed by atoms with Gasteiger partial charge in [-0.1, -0.05) is 12.1 Å². The molecule has 3 N–H and O–H groups in total. The second-order valence-corrected chi connectivity index (χ2v) is 4.77. The summed E-state index contributed by atoms with van der Waals surface area (Å²) in [5, 5.41) is 13.9. The molecule has 5 heteroatoms. The Morgan fingerprint density at radius 1 is 1.44 bits per heavy atom. The van der Waals surface area contributed by atoms with Crippen LogP contribution in [0.15, 0.2) is 24.3 Å². The normalized spacial score (nSPS) is 18.6. The van der Waals surface area contributed by atoms with E-state index in [4.69, 9.17) is 5.73 Å². The number of fused-ring (bicyclic) bond motifs is 1. The van der Waals surface area contributed by atoms with Gasteiger partial charge >= 0.3 is 0 Å². The molecule has 1 aliphatic heterocycles. The first-order valence-electron chi connectivity index (χ1n) is 6.17. The van der Waals surface area contributed by atoms with Gasteiger partial charge in [-0.2, -0.15) is 5.10 Å². The Kier molecular flexibility index (Phi) is 2.76. The number of benzene rings is 1. The van der Waals surface area contributed by atoms with Crippen molar-refractivity contribution in [1.29, 1.82) is 0 Å². The van der Waals surface area contributed by atoms with E-state index in [0.717, 1.165) is 36.6 Å². The van der Waals surface area contributed by atoms with Gasteiger partial charge in [0.25, 0.3) is 0 Å². The number of hydrogen-bond acceptors (Lipinski definition) is 4. The summed E-state index contributed by atoms with van der Waals surface area (Å²) >= 11 is 0. The van der Waals surface area contributed by atoms with E-state index in [2.05, 4.69) is 10.1 Å². The molecule has 1 aromatic heterocycles. The molecule has 0 amide bonds. The Labute approximate surface area is 105 Å². The number of phenols is 1. The highest BCUT2D eigenvalue weighted by atomic mass is 16.3. The van der Waals surface area contributed by atoms with Gasteiger partial charge in [-0.15, -0.1) is 0 Å². The lowest BCUT2D eigenvalue weighted by Crippen LogP contribution is -2.31. The van der Waals surface area contributed by atoms with E-state index in [1.807, 2.05) is 16.8 Å². The number of aryl methyl sites for hydroxylation is 1. The van der Waals surface area contributed by atoms with Gasteiger partial charge in [0.15, 0.2) is 5.82 Å². The Bertz CT molecular complexity index is 564. The van der Waals surface area contributed by atoms with Crippen LogP contribution < -0.4 is 5.73 Å². The highest BCUT2D eigenvalue weighted by Crippen LogP contribution is 2.16. The first-order valence-corrected chi connectivity index (χ1v) is 6.17. The first-order chi connectivity index (χ1) is 8.70. The van der Waals surface area contributed by atoms with E-state index < -0.39 is 0 Å². The fourth-order valence-electron chi connectivity index (χ4n) is 2.30. The molecule has 1 unspecified atom stereocenters. The molecule has 0 bridgehead atoms. The minimum Gasteiger partial charge on any atom is -0.508 e.